The van der Waals surface area contributed by atoms with E-state index < -0.39 is 0 Å². The van der Waals surface area contributed by atoms with Gasteiger partial charge in [-0.15, -0.1) is 0 Å². The number of hydrogen-bond donors (Lipinski definition) is 1. The molecule has 0 saturated carbocycles. The first kappa shape index (κ1) is 15.4. The fourth-order valence-electron chi connectivity index (χ4n) is 3.24. The van der Waals surface area contributed by atoms with Crippen LogP contribution in [0.3, 0.4) is 0 Å². The van der Waals surface area contributed by atoms with E-state index in [0.717, 1.165) is 38.2 Å². The van der Waals surface area contributed by atoms with Gasteiger partial charge in [-0.3, -0.25) is 14.7 Å². The third-order valence-corrected chi connectivity index (χ3v) is 4.41. The molecule has 1 aromatic rings. The SMILES string of the molecule is CNC(=O)CO[C@H]1CO[C@]2(CCN(Cc3ccccn3)C2)C1. The lowest BCUT2D eigenvalue weighted by molar-refractivity contribution is -0.127. The smallest absolute Gasteiger partial charge is 0.245 e. The summed E-state index contributed by atoms with van der Waals surface area (Å²) in [6.07, 6.45) is 3.73. The first-order valence-corrected chi connectivity index (χ1v) is 7.77. The fraction of sp³-hybridized carbons (Fsp3) is 0.625. The molecular weight excluding hydrogens is 282 g/mol. The Morgan fingerprint density at radius 2 is 2.50 bits per heavy atom. The van der Waals surface area contributed by atoms with Gasteiger partial charge in [-0.1, -0.05) is 6.07 Å². The minimum atomic E-state index is -0.109. The zero-order chi connectivity index (χ0) is 15.4. The van der Waals surface area contributed by atoms with Crippen LogP contribution in [-0.2, 0) is 20.8 Å². The number of nitrogens with zero attached hydrogens (tertiary/aromatic N) is 2. The molecule has 1 spiro atoms. The summed E-state index contributed by atoms with van der Waals surface area (Å²) in [6, 6.07) is 6.00. The van der Waals surface area contributed by atoms with Crippen molar-refractivity contribution in [3.05, 3.63) is 30.1 Å². The molecular formula is C16H23N3O3. The molecule has 3 heterocycles. The number of carbonyl (C=O) groups is 1. The molecule has 1 amide bonds. The van der Waals surface area contributed by atoms with Gasteiger partial charge in [0.25, 0.3) is 0 Å². The Morgan fingerprint density at radius 1 is 1.59 bits per heavy atom. The van der Waals surface area contributed by atoms with Crippen LogP contribution in [0.4, 0.5) is 0 Å². The van der Waals surface area contributed by atoms with E-state index in [4.69, 9.17) is 9.47 Å². The van der Waals surface area contributed by atoms with Crippen molar-refractivity contribution in [1.29, 1.82) is 0 Å². The number of ether oxygens (including phenoxy) is 2. The molecule has 0 radical (unpaired) electrons. The molecule has 2 fully saturated rings. The lowest BCUT2D eigenvalue weighted by atomic mass is 9.98. The van der Waals surface area contributed by atoms with Gasteiger partial charge >= 0.3 is 0 Å². The molecule has 0 bridgehead atoms. The van der Waals surface area contributed by atoms with Crippen LogP contribution in [0.25, 0.3) is 0 Å². The average molecular weight is 305 g/mol. The van der Waals surface area contributed by atoms with Gasteiger partial charge in [0, 0.05) is 39.3 Å². The predicted octanol–water partition coefficient (Wildman–Crippen LogP) is 0.578. The summed E-state index contributed by atoms with van der Waals surface area (Å²) in [4.78, 5) is 18.0. The van der Waals surface area contributed by atoms with E-state index in [1.54, 1.807) is 7.05 Å². The van der Waals surface area contributed by atoms with Crippen LogP contribution in [0.5, 0.6) is 0 Å². The monoisotopic (exact) mass is 305 g/mol. The molecule has 2 atom stereocenters. The van der Waals surface area contributed by atoms with E-state index in [-0.39, 0.29) is 24.2 Å². The molecule has 0 unspecified atom stereocenters. The lowest BCUT2D eigenvalue weighted by Crippen LogP contribution is -2.33. The fourth-order valence-corrected chi connectivity index (χ4v) is 3.24. The maximum atomic E-state index is 11.2. The van der Waals surface area contributed by atoms with Gasteiger partial charge in [-0.05, 0) is 18.6 Å². The molecule has 2 saturated heterocycles. The van der Waals surface area contributed by atoms with Gasteiger partial charge in [-0.2, -0.15) is 0 Å². The second-order valence-electron chi connectivity index (χ2n) is 6.09. The molecule has 0 aromatic carbocycles. The van der Waals surface area contributed by atoms with Crippen LogP contribution in [0, 0.1) is 0 Å². The molecule has 2 aliphatic rings. The number of likely N-dealkylation sites (tertiary alicyclic amines) is 1. The van der Waals surface area contributed by atoms with E-state index in [1.807, 2.05) is 18.3 Å². The number of aromatic nitrogens is 1. The van der Waals surface area contributed by atoms with Gasteiger partial charge in [0.05, 0.1) is 24.0 Å². The van der Waals surface area contributed by atoms with Crippen molar-refractivity contribution in [2.24, 2.45) is 0 Å². The van der Waals surface area contributed by atoms with Crippen LogP contribution in [0.15, 0.2) is 24.4 Å². The molecule has 6 nitrogen and oxygen atoms in total. The Balaban J connectivity index is 1.49. The van der Waals surface area contributed by atoms with Crippen molar-refractivity contribution in [2.45, 2.75) is 31.1 Å². The molecule has 3 rings (SSSR count). The average Bonchev–Trinajstić information content (AvgIpc) is 3.13. The van der Waals surface area contributed by atoms with Crippen LogP contribution in [0.2, 0.25) is 0 Å². The lowest BCUT2D eigenvalue weighted by Gasteiger charge is -2.23. The van der Waals surface area contributed by atoms with E-state index in [9.17, 15) is 4.79 Å². The topological polar surface area (TPSA) is 63.7 Å². The highest BCUT2D eigenvalue weighted by atomic mass is 16.6. The van der Waals surface area contributed by atoms with E-state index >= 15 is 0 Å². The largest absolute Gasteiger partial charge is 0.371 e. The van der Waals surface area contributed by atoms with Crippen molar-refractivity contribution >= 4 is 5.91 Å². The number of hydrogen-bond acceptors (Lipinski definition) is 5. The number of pyridine rings is 1. The van der Waals surface area contributed by atoms with Gasteiger partial charge in [-0.25, -0.2) is 0 Å². The Kier molecular flexibility index (Phi) is 4.71. The predicted molar refractivity (Wildman–Crippen MR) is 81.2 cm³/mol. The van der Waals surface area contributed by atoms with Crippen LogP contribution < -0.4 is 5.32 Å². The van der Waals surface area contributed by atoms with Crippen LogP contribution >= 0.6 is 0 Å². The highest BCUT2D eigenvalue weighted by molar-refractivity contribution is 5.76. The quantitative estimate of drug-likeness (QED) is 0.862. The summed E-state index contributed by atoms with van der Waals surface area (Å²) in [7, 11) is 1.62. The van der Waals surface area contributed by atoms with Gasteiger partial charge in [0.1, 0.15) is 6.61 Å². The van der Waals surface area contributed by atoms with E-state index in [0.29, 0.717) is 6.61 Å². The Morgan fingerprint density at radius 3 is 3.27 bits per heavy atom. The van der Waals surface area contributed by atoms with E-state index in [2.05, 4.69) is 21.3 Å². The number of amides is 1. The molecule has 1 aromatic heterocycles. The minimum Gasteiger partial charge on any atom is -0.371 e. The maximum Gasteiger partial charge on any atom is 0.245 e. The molecule has 22 heavy (non-hydrogen) atoms. The third kappa shape index (κ3) is 3.63. The minimum absolute atomic E-state index is 0.0205. The Hall–Kier alpha value is -1.50. The first-order chi connectivity index (χ1) is 10.7. The Bertz CT molecular complexity index is 511. The zero-order valence-electron chi connectivity index (χ0n) is 13.0. The summed E-state index contributed by atoms with van der Waals surface area (Å²) in [5, 5.41) is 2.56. The summed E-state index contributed by atoms with van der Waals surface area (Å²) in [5.41, 5.74) is 0.979. The van der Waals surface area contributed by atoms with E-state index in [1.165, 1.54) is 0 Å². The Labute approximate surface area is 130 Å². The third-order valence-electron chi connectivity index (χ3n) is 4.41. The molecule has 0 aliphatic carbocycles. The van der Waals surface area contributed by atoms with Crippen molar-refractivity contribution in [1.82, 2.24) is 15.2 Å². The molecule has 1 N–H and O–H groups in total. The van der Waals surface area contributed by atoms with Gasteiger partial charge < -0.3 is 14.8 Å². The van der Waals surface area contributed by atoms with Crippen LogP contribution in [-0.4, -0.2) is 60.8 Å². The van der Waals surface area contributed by atoms with Crippen LogP contribution in [0.1, 0.15) is 18.5 Å². The van der Waals surface area contributed by atoms with Crippen molar-refractivity contribution < 1.29 is 14.3 Å². The molecule has 6 heteroatoms. The standard InChI is InChI=1S/C16H23N3O3/c1-17-15(20)11-21-14-8-16(22-10-14)5-7-19(12-16)9-13-4-2-3-6-18-13/h2-4,6,14H,5,7-12H2,1H3,(H,17,20)/t14-,16-/m1/s1. The number of carbonyl (C=O) groups excluding carboxylic acids is 1. The highest BCUT2D eigenvalue weighted by Crippen LogP contribution is 2.36. The summed E-state index contributed by atoms with van der Waals surface area (Å²) < 4.78 is 11.7. The van der Waals surface area contributed by atoms with Gasteiger partial charge in [0.15, 0.2) is 0 Å². The van der Waals surface area contributed by atoms with Crippen molar-refractivity contribution in [3.63, 3.8) is 0 Å². The van der Waals surface area contributed by atoms with Crippen molar-refractivity contribution in [3.8, 4) is 0 Å². The van der Waals surface area contributed by atoms with Crippen molar-refractivity contribution in [2.75, 3.05) is 33.4 Å². The summed E-state index contributed by atoms with van der Waals surface area (Å²) in [6.45, 7) is 3.46. The summed E-state index contributed by atoms with van der Waals surface area (Å²) >= 11 is 0. The normalized spacial score (nSPS) is 28.3. The summed E-state index contributed by atoms with van der Waals surface area (Å²) in [5.74, 6) is -0.0934. The number of nitrogens with one attached hydrogen (secondary N) is 1. The maximum absolute atomic E-state index is 11.2. The second-order valence-corrected chi connectivity index (χ2v) is 6.09. The molecule has 120 valence electrons. The highest BCUT2D eigenvalue weighted by Gasteiger charge is 2.45. The number of likely N-dealkylation sites (N-methyl/N-ethyl adjacent to an activating group) is 1. The number of rotatable bonds is 5. The first-order valence-electron chi connectivity index (χ1n) is 7.77. The zero-order valence-corrected chi connectivity index (χ0v) is 13.0. The van der Waals surface area contributed by atoms with Gasteiger partial charge in [0.2, 0.25) is 5.91 Å². The molecule has 2 aliphatic heterocycles. The second kappa shape index (κ2) is 6.73.